The number of hydrogen-bond donors (Lipinski definition) is 1. The monoisotopic (exact) mass is 223 g/mol. The zero-order chi connectivity index (χ0) is 10.1. The zero-order valence-corrected chi connectivity index (χ0v) is 9.72. The topological polar surface area (TPSA) is 37.8 Å². The van der Waals surface area contributed by atoms with E-state index in [0.717, 1.165) is 24.9 Å². The van der Waals surface area contributed by atoms with Crippen molar-refractivity contribution in [3.63, 3.8) is 0 Å². The lowest BCUT2D eigenvalue weighted by atomic mass is 10.3. The van der Waals surface area contributed by atoms with Crippen molar-refractivity contribution < 1.29 is 0 Å². The molecule has 2 aliphatic rings. The van der Waals surface area contributed by atoms with Crippen LogP contribution in [0.25, 0.3) is 0 Å². The van der Waals surface area contributed by atoms with Crippen molar-refractivity contribution >= 4 is 11.3 Å². The average molecular weight is 223 g/mol. The van der Waals surface area contributed by atoms with Crippen molar-refractivity contribution in [1.82, 2.24) is 15.5 Å². The second kappa shape index (κ2) is 4.18. The lowest BCUT2D eigenvalue weighted by Gasteiger charge is -1.97. The van der Waals surface area contributed by atoms with Gasteiger partial charge in [-0.15, -0.1) is 21.5 Å². The minimum Gasteiger partial charge on any atom is -0.314 e. The van der Waals surface area contributed by atoms with Crippen LogP contribution in [0.2, 0.25) is 0 Å². The van der Waals surface area contributed by atoms with Crippen molar-refractivity contribution in [2.24, 2.45) is 5.92 Å². The third kappa shape index (κ3) is 2.98. The van der Waals surface area contributed by atoms with Gasteiger partial charge in [0.25, 0.3) is 0 Å². The number of nitrogens with zero attached hydrogens (tertiary/aromatic N) is 2. The van der Waals surface area contributed by atoms with E-state index in [4.69, 9.17) is 0 Å². The number of rotatable bonds is 6. The molecule has 0 radical (unpaired) electrons. The molecule has 3 rings (SSSR count). The predicted molar refractivity (Wildman–Crippen MR) is 61.1 cm³/mol. The van der Waals surface area contributed by atoms with E-state index in [1.54, 1.807) is 0 Å². The minimum atomic E-state index is 0.809. The number of hydrogen-bond acceptors (Lipinski definition) is 4. The van der Waals surface area contributed by atoms with Gasteiger partial charge in [0, 0.05) is 25.4 Å². The van der Waals surface area contributed by atoms with E-state index < -0.39 is 0 Å². The Morgan fingerprint density at radius 2 is 1.93 bits per heavy atom. The first-order valence-electron chi connectivity index (χ1n) is 5.95. The molecule has 2 aliphatic carbocycles. The molecule has 3 nitrogen and oxygen atoms in total. The average Bonchev–Trinajstić information content (AvgIpc) is 3.10. The number of aromatic nitrogens is 2. The molecule has 4 heteroatoms. The van der Waals surface area contributed by atoms with Gasteiger partial charge >= 0.3 is 0 Å². The van der Waals surface area contributed by atoms with Crippen LogP contribution in [-0.4, -0.2) is 22.8 Å². The zero-order valence-electron chi connectivity index (χ0n) is 8.91. The normalized spacial score (nSPS) is 20.8. The molecule has 0 unspecified atom stereocenters. The van der Waals surface area contributed by atoms with Crippen LogP contribution < -0.4 is 5.32 Å². The lowest BCUT2D eigenvalue weighted by molar-refractivity contribution is 0.677. The Kier molecular flexibility index (Phi) is 2.71. The van der Waals surface area contributed by atoms with Crippen molar-refractivity contribution in [2.45, 2.75) is 44.6 Å². The van der Waals surface area contributed by atoms with Crippen LogP contribution in [0.4, 0.5) is 0 Å². The van der Waals surface area contributed by atoms with Crippen molar-refractivity contribution in [1.29, 1.82) is 0 Å². The van der Waals surface area contributed by atoms with Crippen LogP contribution in [0.15, 0.2) is 0 Å². The Hall–Kier alpha value is -0.480. The fourth-order valence-corrected chi connectivity index (χ4v) is 2.67. The summed E-state index contributed by atoms with van der Waals surface area (Å²) in [5, 5.41) is 14.5. The molecule has 82 valence electrons. The predicted octanol–water partition coefficient (Wildman–Crippen LogP) is 1.79. The highest BCUT2D eigenvalue weighted by molar-refractivity contribution is 7.11. The first kappa shape index (κ1) is 9.73. The molecule has 0 spiro atoms. The van der Waals surface area contributed by atoms with Crippen molar-refractivity contribution in [3.8, 4) is 0 Å². The molecule has 0 amide bonds. The van der Waals surface area contributed by atoms with E-state index in [0.29, 0.717) is 0 Å². The largest absolute Gasteiger partial charge is 0.314 e. The summed E-state index contributed by atoms with van der Waals surface area (Å²) in [4.78, 5) is 0. The molecule has 0 bridgehead atoms. The Balaban J connectivity index is 1.44. The van der Waals surface area contributed by atoms with Gasteiger partial charge in [-0.1, -0.05) is 0 Å². The van der Waals surface area contributed by atoms with Crippen LogP contribution in [0, 0.1) is 5.92 Å². The molecule has 0 atom stereocenters. The summed E-state index contributed by atoms with van der Waals surface area (Å²) in [5.41, 5.74) is 0. The van der Waals surface area contributed by atoms with E-state index >= 15 is 0 Å². The second-order valence-corrected chi connectivity index (χ2v) is 5.86. The summed E-state index contributed by atoms with van der Waals surface area (Å²) in [6.45, 7) is 1.07. The highest BCUT2D eigenvalue weighted by atomic mass is 32.1. The quantitative estimate of drug-likeness (QED) is 0.799. The van der Waals surface area contributed by atoms with E-state index in [-0.39, 0.29) is 0 Å². The van der Waals surface area contributed by atoms with Crippen LogP contribution in [-0.2, 0) is 12.8 Å². The molecule has 0 saturated heterocycles. The third-order valence-electron chi connectivity index (χ3n) is 3.02. The van der Waals surface area contributed by atoms with Gasteiger partial charge in [-0.2, -0.15) is 0 Å². The van der Waals surface area contributed by atoms with E-state index in [1.165, 1.54) is 42.1 Å². The second-order valence-electron chi connectivity index (χ2n) is 4.72. The van der Waals surface area contributed by atoms with Crippen molar-refractivity contribution in [3.05, 3.63) is 10.0 Å². The van der Waals surface area contributed by atoms with Crippen LogP contribution in [0.3, 0.4) is 0 Å². The molecule has 2 saturated carbocycles. The first-order chi connectivity index (χ1) is 7.40. The molecule has 1 N–H and O–H groups in total. The molecule has 1 heterocycles. The lowest BCUT2D eigenvalue weighted by Crippen LogP contribution is -2.19. The summed E-state index contributed by atoms with van der Waals surface area (Å²) in [6.07, 6.45) is 7.76. The minimum absolute atomic E-state index is 0.809. The van der Waals surface area contributed by atoms with Crippen LogP contribution in [0.5, 0.6) is 0 Å². The van der Waals surface area contributed by atoms with Gasteiger partial charge in [0.15, 0.2) is 0 Å². The molecule has 1 aromatic rings. The SMILES string of the molecule is C(Cc1nnc(CC2CC2)s1)NC1CC1. The van der Waals surface area contributed by atoms with E-state index in [1.807, 2.05) is 11.3 Å². The van der Waals surface area contributed by atoms with E-state index in [2.05, 4.69) is 15.5 Å². The van der Waals surface area contributed by atoms with Gasteiger partial charge in [0.1, 0.15) is 10.0 Å². The smallest absolute Gasteiger partial charge is 0.118 e. The molecule has 0 aliphatic heterocycles. The summed E-state index contributed by atoms with van der Waals surface area (Å²) >= 11 is 1.81. The highest BCUT2D eigenvalue weighted by Crippen LogP contribution is 2.33. The van der Waals surface area contributed by atoms with Gasteiger partial charge in [0.05, 0.1) is 0 Å². The standard InChI is InChI=1S/C11H17N3S/c1-2-8(1)7-11-14-13-10(15-11)5-6-12-9-3-4-9/h8-9,12H,1-7H2. The molecular weight excluding hydrogens is 206 g/mol. The van der Waals surface area contributed by atoms with Gasteiger partial charge in [0.2, 0.25) is 0 Å². The van der Waals surface area contributed by atoms with Crippen LogP contribution >= 0.6 is 11.3 Å². The Morgan fingerprint density at radius 3 is 2.67 bits per heavy atom. The van der Waals surface area contributed by atoms with Gasteiger partial charge in [-0.05, 0) is 31.6 Å². The summed E-state index contributed by atoms with van der Waals surface area (Å²) < 4.78 is 0. The van der Waals surface area contributed by atoms with Gasteiger partial charge in [-0.3, -0.25) is 0 Å². The Labute approximate surface area is 94.3 Å². The molecule has 15 heavy (non-hydrogen) atoms. The van der Waals surface area contributed by atoms with E-state index in [9.17, 15) is 0 Å². The Bertz CT molecular complexity index is 328. The van der Waals surface area contributed by atoms with Gasteiger partial charge < -0.3 is 5.32 Å². The highest BCUT2D eigenvalue weighted by Gasteiger charge is 2.23. The molecular formula is C11H17N3S. The number of nitrogens with one attached hydrogen (secondary N) is 1. The summed E-state index contributed by atoms with van der Waals surface area (Å²) in [7, 11) is 0. The van der Waals surface area contributed by atoms with Gasteiger partial charge in [-0.25, -0.2) is 0 Å². The maximum Gasteiger partial charge on any atom is 0.118 e. The molecule has 2 fully saturated rings. The fraction of sp³-hybridized carbons (Fsp3) is 0.818. The van der Waals surface area contributed by atoms with Crippen LogP contribution in [0.1, 0.15) is 35.7 Å². The van der Waals surface area contributed by atoms with Crippen molar-refractivity contribution in [2.75, 3.05) is 6.54 Å². The summed E-state index contributed by atoms with van der Waals surface area (Å²) in [5.74, 6) is 0.926. The molecule has 1 aromatic heterocycles. The maximum atomic E-state index is 4.25. The fourth-order valence-electron chi connectivity index (χ4n) is 1.71. The molecule has 0 aromatic carbocycles. The third-order valence-corrected chi connectivity index (χ3v) is 4.02. The maximum absolute atomic E-state index is 4.25. The first-order valence-corrected chi connectivity index (χ1v) is 6.76. The Morgan fingerprint density at radius 1 is 1.13 bits per heavy atom. The summed E-state index contributed by atoms with van der Waals surface area (Å²) in [6, 6.07) is 0.809.